The van der Waals surface area contributed by atoms with Gasteiger partial charge in [-0.3, -0.25) is 0 Å². The lowest BCUT2D eigenvalue weighted by Gasteiger charge is -2.18. The fourth-order valence-electron chi connectivity index (χ4n) is 3.05. The first-order valence-electron chi connectivity index (χ1n) is 12.7. The Morgan fingerprint density at radius 2 is 1.00 bits per heavy atom. The van der Waals surface area contributed by atoms with Gasteiger partial charge < -0.3 is 0 Å². The summed E-state index contributed by atoms with van der Waals surface area (Å²) >= 11 is 0. The van der Waals surface area contributed by atoms with Gasteiger partial charge >= 0.3 is 0 Å². The summed E-state index contributed by atoms with van der Waals surface area (Å²) < 4.78 is 0. The van der Waals surface area contributed by atoms with Crippen LogP contribution >= 0.6 is 0 Å². The summed E-state index contributed by atoms with van der Waals surface area (Å²) in [6, 6.07) is 0. The summed E-state index contributed by atoms with van der Waals surface area (Å²) in [6.07, 6.45) is 16.5. The molecule has 0 aromatic rings. The quantitative estimate of drug-likeness (QED) is 0.232. The van der Waals surface area contributed by atoms with Crippen LogP contribution in [0.25, 0.3) is 0 Å². The highest BCUT2D eigenvalue weighted by atomic mass is 14.2. The molecule has 30 heavy (non-hydrogen) atoms. The van der Waals surface area contributed by atoms with Crippen LogP contribution in [0.15, 0.2) is 49.6 Å². The van der Waals surface area contributed by atoms with Crippen LogP contribution in [0, 0.1) is 23.7 Å². The van der Waals surface area contributed by atoms with Gasteiger partial charge in [0.15, 0.2) is 0 Å². The van der Waals surface area contributed by atoms with E-state index in [0.29, 0.717) is 11.8 Å². The first-order chi connectivity index (χ1) is 14.1. The van der Waals surface area contributed by atoms with Gasteiger partial charge in [-0.1, -0.05) is 104 Å². The third kappa shape index (κ3) is 23.2. The molecular formula is C30H58. The minimum Gasteiger partial charge on any atom is -0.103 e. The molecule has 0 amide bonds. The maximum absolute atomic E-state index is 4.08. The zero-order valence-corrected chi connectivity index (χ0v) is 22.4. The summed E-state index contributed by atoms with van der Waals surface area (Å²) in [6.45, 7) is 33.3. The minimum atomic E-state index is 0.706. The van der Waals surface area contributed by atoms with E-state index in [1.807, 2.05) is 12.2 Å². The SMILES string of the molecule is C=CCCC(CC)C(=C)C.C=CCCC(CCC(C)CC)C(=C)C.CCC(C)CC. The molecule has 0 saturated carbocycles. The maximum Gasteiger partial charge on any atom is -0.0206 e. The van der Waals surface area contributed by atoms with Crippen LogP contribution in [0.4, 0.5) is 0 Å². The average Bonchev–Trinajstić information content (AvgIpc) is 2.73. The third-order valence-electron chi connectivity index (χ3n) is 6.42. The van der Waals surface area contributed by atoms with Crippen molar-refractivity contribution in [3.63, 3.8) is 0 Å². The molecule has 0 rings (SSSR count). The molecular weight excluding hydrogens is 360 g/mol. The largest absolute Gasteiger partial charge is 0.103 e. The molecule has 0 bridgehead atoms. The summed E-state index contributed by atoms with van der Waals surface area (Å²) in [4.78, 5) is 0. The van der Waals surface area contributed by atoms with E-state index in [2.05, 4.69) is 81.7 Å². The molecule has 3 unspecified atom stereocenters. The highest BCUT2D eigenvalue weighted by Crippen LogP contribution is 2.24. The van der Waals surface area contributed by atoms with Gasteiger partial charge in [0.2, 0.25) is 0 Å². The zero-order valence-electron chi connectivity index (χ0n) is 22.4. The molecule has 0 aliphatic carbocycles. The Bertz CT molecular complexity index is 410. The maximum atomic E-state index is 4.08. The van der Waals surface area contributed by atoms with E-state index in [0.717, 1.165) is 24.7 Å². The molecule has 0 radical (unpaired) electrons. The molecule has 0 aliphatic rings. The molecule has 0 nitrogen and oxygen atoms in total. The lowest BCUT2D eigenvalue weighted by atomic mass is 9.88. The fourth-order valence-corrected chi connectivity index (χ4v) is 3.05. The molecule has 0 aromatic carbocycles. The van der Waals surface area contributed by atoms with Gasteiger partial charge in [-0.15, -0.1) is 13.2 Å². The highest BCUT2D eigenvalue weighted by molar-refractivity contribution is 4.97. The Morgan fingerprint density at radius 3 is 1.27 bits per heavy atom. The standard InChI is InChI=1S/C14H26.C10H18.C6H14/c1-6-8-9-14(12(3)4)11-10-13(5)7-2;1-5-7-8-10(6-2)9(3)4;1-4-6(3)5-2/h6,13-14H,1,3,7-11H2,2,4-5H3;5,10H,1,3,6-8H2,2,4H3;6H,4-5H2,1-3H3. The van der Waals surface area contributed by atoms with Crippen molar-refractivity contribution in [3.05, 3.63) is 49.6 Å². The van der Waals surface area contributed by atoms with Crippen molar-refractivity contribution in [2.24, 2.45) is 23.7 Å². The van der Waals surface area contributed by atoms with Crippen LogP contribution in [0.2, 0.25) is 0 Å². The average molecular weight is 419 g/mol. The van der Waals surface area contributed by atoms with Crippen LogP contribution in [0.3, 0.4) is 0 Å². The van der Waals surface area contributed by atoms with E-state index in [1.54, 1.807) is 0 Å². The Balaban J connectivity index is -0.000000397. The van der Waals surface area contributed by atoms with Gasteiger partial charge in [-0.05, 0) is 76.0 Å². The predicted octanol–water partition coefficient (Wildman–Crippen LogP) is 11.0. The van der Waals surface area contributed by atoms with E-state index in [-0.39, 0.29) is 0 Å². The number of allylic oxidation sites excluding steroid dienone is 4. The summed E-state index contributed by atoms with van der Waals surface area (Å²) in [7, 11) is 0. The third-order valence-corrected chi connectivity index (χ3v) is 6.42. The molecule has 178 valence electrons. The minimum absolute atomic E-state index is 0.706. The van der Waals surface area contributed by atoms with Crippen molar-refractivity contribution in [1.82, 2.24) is 0 Å². The molecule has 0 aromatic heterocycles. The second-order valence-electron chi connectivity index (χ2n) is 9.24. The molecule has 0 saturated heterocycles. The molecule has 0 heterocycles. The van der Waals surface area contributed by atoms with E-state index >= 15 is 0 Å². The van der Waals surface area contributed by atoms with Crippen LogP contribution in [0.5, 0.6) is 0 Å². The smallest absolute Gasteiger partial charge is 0.0206 e. The Labute approximate surface area is 193 Å². The van der Waals surface area contributed by atoms with Crippen molar-refractivity contribution in [2.75, 3.05) is 0 Å². The van der Waals surface area contributed by atoms with Crippen molar-refractivity contribution >= 4 is 0 Å². The van der Waals surface area contributed by atoms with Gasteiger partial charge in [0.25, 0.3) is 0 Å². The number of hydrogen-bond acceptors (Lipinski definition) is 0. The second-order valence-corrected chi connectivity index (χ2v) is 9.24. The van der Waals surface area contributed by atoms with E-state index in [4.69, 9.17) is 0 Å². The molecule has 0 N–H and O–H groups in total. The molecule has 0 spiro atoms. The van der Waals surface area contributed by atoms with Crippen molar-refractivity contribution in [3.8, 4) is 0 Å². The Hall–Kier alpha value is -1.04. The van der Waals surface area contributed by atoms with Crippen LogP contribution < -0.4 is 0 Å². The van der Waals surface area contributed by atoms with Gasteiger partial charge in [-0.2, -0.15) is 0 Å². The van der Waals surface area contributed by atoms with E-state index in [1.165, 1.54) is 62.5 Å². The van der Waals surface area contributed by atoms with Gasteiger partial charge in [0.05, 0.1) is 0 Å². The monoisotopic (exact) mass is 418 g/mol. The number of rotatable bonds is 15. The molecule has 0 heteroatoms. The zero-order chi connectivity index (χ0) is 23.9. The molecule has 0 fully saturated rings. The summed E-state index contributed by atoms with van der Waals surface area (Å²) in [5.74, 6) is 3.21. The van der Waals surface area contributed by atoms with Crippen LogP contribution in [-0.2, 0) is 0 Å². The highest BCUT2D eigenvalue weighted by Gasteiger charge is 2.10. The van der Waals surface area contributed by atoms with E-state index in [9.17, 15) is 0 Å². The van der Waals surface area contributed by atoms with Crippen LogP contribution in [-0.4, -0.2) is 0 Å². The lowest BCUT2D eigenvalue weighted by molar-refractivity contribution is 0.422. The lowest BCUT2D eigenvalue weighted by Crippen LogP contribution is -2.04. The van der Waals surface area contributed by atoms with Crippen molar-refractivity contribution < 1.29 is 0 Å². The molecule has 0 aliphatic heterocycles. The fraction of sp³-hybridized carbons (Fsp3) is 0.733. The second kappa shape index (κ2) is 24.2. The normalized spacial score (nSPS) is 13.1. The summed E-state index contributed by atoms with van der Waals surface area (Å²) in [5, 5.41) is 0. The van der Waals surface area contributed by atoms with Crippen molar-refractivity contribution in [2.45, 2.75) is 120 Å². The van der Waals surface area contributed by atoms with Crippen LogP contribution in [0.1, 0.15) is 120 Å². The Morgan fingerprint density at radius 1 is 0.600 bits per heavy atom. The topological polar surface area (TPSA) is 0 Å². The molecule has 3 atom stereocenters. The first kappa shape index (κ1) is 33.6. The van der Waals surface area contributed by atoms with Gasteiger partial charge in [-0.25, -0.2) is 0 Å². The first-order valence-corrected chi connectivity index (χ1v) is 12.7. The Kier molecular flexibility index (Phi) is 27.1. The predicted molar refractivity (Wildman–Crippen MR) is 144 cm³/mol. The van der Waals surface area contributed by atoms with Crippen molar-refractivity contribution in [1.29, 1.82) is 0 Å². The van der Waals surface area contributed by atoms with Gasteiger partial charge in [0, 0.05) is 0 Å². The number of hydrogen-bond donors (Lipinski definition) is 0. The van der Waals surface area contributed by atoms with E-state index < -0.39 is 0 Å². The summed E-state index contributed by atoms with van der Waals surface area (Å²) in [5.41, 5.74) is 2.65. The van der Waals surface area contributed by atoms with Gasteiger partial charge in [0.1, 0.15) is 0 Å².